The van der Waals surface area contributed by atoms with Crippen molar-refractivity contribution in [1.29, 1.82) is 0 Å². The van der Waals surface area contributed by atoms with E-state index in [1.54, 1.807) is 24.3 Å². The standard InChI is InChI=1S/C23H30N2O4S/c1-18(2)29-22-9-5-7-19(17-22)8-6-14-24-23(26)20-10-12-21(13-11-20)25-15-3-4-16-30(25,27)28/h5,7,9-13,17-18H,3-4,6,8,14-16H2,1-2H3,(H,24,26). The highest BCUT2D eigenvalue weighted by atomic mass is 32.2. The number of carbonyl (C=O) groups is 1. The van der Waals surface area contributed by atoms with E-state index in [4.69, 9.17) is 4.74 Å². The number of nitrogens with zero attached hydrogens (tertiary/aromatic N) is 1. The van der Waals surface area contributed by atoms with E-state index in [0.29, 0.717) is 30.8 Å². The number of carbonyl (C=O) groups excluding carboxylic acids is 1. The van der Waals surface area contributed by atoms with Crippen LogP contribution in [0, 0.1) is 0 Å². The minimum absolute atomic E-state index is 0.140. The zero-order chi connectivity index (χ0) is 21.6. The van der Waals surface area contributed by atoms with Gasteiger partial charge in [-0.15, -0.1) is 0 Å². The van der Waals surface area contributed by atoms with Crippen LogP contribution in [0.15, 0.2) is 48.5 Å². The summed E-state index contributed by atoms with van der Waals surface area (Å²) in [4.78, 5) is 12.4. The lowest BCUT2D eigenvalue weighted by Crippen LogP contribution is -2.37. The number of amides is 1. The summed E-state index contributed by atoms with van der Waals surface area (Å²) in [6.07, 6.45) is 3.37. The smallest absolute Gasteiger partial charge is 0.251 e. The van der Waals surface area contributed by atoms with Crippen LogP contribution in [0.2, 0.25) is 0 Å². The molecule has 30 heavy (non-hydrogen) atoms. The molecule has 0 saturated carbocycles. The summed E-state index contributed by atoms with van der Waals surface area (Å²) < 4.78 is 31.6. The minimum atomic E-state index is -3.24. The number of sulfonamides is 1. The van der Waals surface area contributed by atoms with Crippen LogP contribution in [0.1, 0.15) is 49.0 Å². The molecule has 1 fully saturated rings. The van der Waals surface area contributed by atoms with E-state index in [1.807, 2.05) is 32.0 Å². The van der Waals surface area contributed by atoms with Gasteiger partial charge in [-0.05, 0) is 81.5 Å². The predicted octanol–water partition coefficient (Wildman–Crippen LogP) is 3.77. The van der Waals surface area contributed by atoms with Crippen molar-refractivity contribution >= 4 is 21.6 Å². The number of anilines is 1. The van der Waals surface area contributed by atoms with E-state index < -0.39 is 10.0 Å². The Morgan fingerprint density at radius 1 is 1.13 bits per heavy atom. The summed E-state index contributed by atoms with van der Waals surface area (Å²) in [5.74, 6) is 0.893. The Hall–Kier alpha value is -2.54. The van der Waals surface area contributed by atoms with Gasteiger partial charge in [-0.1, -0.05) is 12.1 Å². The molecule has 0 unspecified atom stereocenters. The normalized spacial score (nSPS) is 15.8. The summed E-state index contributed by atoms with van der Waals surface area (Å²) in [5, 5.41) is 2.93. The molecule has 2 aromatic carbocycles. The quantitative estimate of drug-likeness (QED) is 0.647. The Morgan fingerprint density at radius 2 is 1.90 bits per heavy atom. The van der Waals surface area contributed by atoms with Crippen molar-refractivity contribution in [3.8, 4) is 5.75 Å². The van der Waals surface area contributed by atoms with Crippen molar-refractivity contribution < 1.29 is 17.9 Å². The maximum Gasteiger partial charge on any atom is 0.251 e. The van der Waals surface area contributed by atoms with Gasteiger partial charge in [-0.3, -0.25) is 9.10 Å². The number of nitrogens with one attached hydrogen (secondary N) is 1. The molecule has 0 aromatic heterocycles. The van der Waals surface area contributed by atoms with E-state index in [-0.39, 0.29) is 17.8 Å². The Kier molecular flexibility index (Phi) is 7.37. The third kappa shape index (κ3) is 5.98. The molecule has 3 rings (SSSR count). The van der Waals surface area contributed by atoms with Crippen LogP contribution in [-0.4, -0.2) is 39.3 Å². The van der Waals surface area contributed by atoms with Crippen LogP contribution in [0.3, 0.4) is 0 Å². The summed E-state index contributed by atoms with van der Waals surface area (Å²) in [5.41, 5.74) is 2.32. The van der Waals surface area contributed by atoms with E-state index in [0.717, 1.165) is 25.0 Å². The molecule has 0 spiro atoms. The van der Waals surface area contributed by atoms with E-state index in [9.17, 15) is 13.2 Å². The van der Waals surface area contributed by atoms with Crippen molar-refractivity contribution in [3.05, 3.63) is 59.7 Å². The first kappa shape index (κ1) is 22.2. The zero-order valence-corrected chi connectivity index (χ0v) is 18.5. The molecule has 162 valence electrons. The second-order valence-electron chi connectivity index (χ2n) is 7.82. The molecule has 2 aromatic rings. The summed E-state index contributed by atoms with van der Waals surface area (Å²) in [6, 6.07) is 14.8. The van der Waals surface area contributed by atoms with Gasteiger partial charge in [0.05, 0.1) is 17.5 Å². The van der Waals surface area contributed by atoms with Crippen molar-refractivity contribution in [2.45, 2.75) is 45.6 Å². The lowest BCUT2D eigenvalue weighted by atomic mass is 10.1. The fourth-order valence-electron chi connectivity index (χ4n) is 3.50. The molecule has 0 aliphatic carbocycles. The van der Waals surface area contributed by atoms with Gasteiger partial charge in [0.2, 0.25) is 10.0 Å². The van der Waals surface area contributed by atoms with Crippen LogP contribution in [0.25, 0.3) is 0 Å². The fourth-order valence-corrected chi connectivity index (χ4v) is 5.14. The zero-order valence-electron chi connectivity index (χ0n) is 17.6. The maximum atomic E-state index is 12.4. The minimum Gasteiger partial charge on any atom is -0.491 e. The van der Waals surface area contributed by atoms with Crippen LogP contribution >= 0.6 is 0 Å². The van der Waals surface area contributed by atoms with Gasteiger partial charge in [0.25, 0.3) is 5.91 Å². The van der Waals surface area contributed by atoms with Gasteiger partial charge in [-0.2, -0.15) is 0 Å². The number of hydrogen-bond donors (Lipinski definition) is 1. The first-order valence-corrected chi connectivity index (χ1v) is 12.1. The largest absolute Gasteiger partial charge is 0.491 e. The highest BCUT2D eigenvalue weighted by molar-refractivity contribution is 7.92. The second kappa shape index (κ2) is 9.98. The number of hydrogen-bond acceptors (Lipinski definition) is 4. The Morgan fingerprint density at radius 3 is 2.60 bits per heavy atom. The van der Waals surface area contributed by atoms with Crippen molar-refractivity contribution in [3.63, 3.8) is 0 Å². The topological polar surface area (TPSA) is 75.7 Å². The maximum absolute atomic E-state index is 12.4. The Balaban J connectivity index is 1.48. The van der Waals surface area contributed by atoms with Gasteiger partial charge < -0.3 is 10.1 Å². The summed E-state index contributed by atoms with van der Waals surface area (Å²) in [6.45, 7) is 5.06. The van der Waals surface area contributed by atoms with Crippen LogP contribution in [0.4, 0.5) is 5.69 Å². The summed E-state index contributed by atoms with van der Waals surface area (Å²) in [7, 11) is -3.24. The second-order valence-corrected chi connectivity index (χ2v) is 9.83. The predicted molar refractivity (Wildman–Crippen MR) is 120 cm³/mol. The fraction of sp³-hybridized carbons (Fsp3) is 0.435. The monoisotopic (exact) mass is 430 g/mol. The van der Waals surface area contributed by atoms with Crippen molar-refractivity contribution in [2.24, 2.45) is 0 Å². The highest BCUT2D eigenvalue weighted by Gasteiger charge is 2.25. The van der Waals surface area contributed by atoms with Crippen LogP contribution in [0.5, 0.6) is 5.75 Å². The van der Waals surface area contributed by atoms with Gasteiger partial charge >= 0.3 is 0 Å². The molecule has 1 N–H and O–H groups in total. The van der Waals surface area contributed by atoms with Gasteiger partial charge in [0, 0.05) is 18.7 Å². The van der Waals surface area contributed by atoms with Gasteiger partial charge in [0.1, 0.15) is 5.75 Å². The van der Waals surface area contributed by atoms with E-state index >= 15 is 0 Å². The molecule has 1 amide bonds. The summed E-state index contributed by atoms with van der Waals surface area (Å²) >= 11 is 0. The average Bonchev–Trinajstić information content (AvgIpc) is 2.71. The van der Waals surface area contributed by atoms with Crippen molar-refractivity contribution in [1.82, 2.24) is 5.32 Å². The molecule has 0 atom stereocenters. The number of rotatable bonds is 8. The van der Waals surface area contributed by atoms with Gasteiger partial charge in [0.15, 0.2) is 0 Å². The molecular weight excluding hydrogens is 400 g/mol. The third-order valence-corrected chi connectivity index (χ3v) is 6.83. The van der Waals surface area contributed by atoms with E-state index in [2.05, 4.69) is 11.4 Å². The van der Waals surface area contributed by atoms with Crippen LogP contribution < -0.4 is 14.4 Å². The average molecular weight is 431 g/mol. The number of ether oxygens (including phenoxy) is 1. The van der Waals surface area contributed by atoms with Crippen LogP contribution in [-0.2, 0) is 16.4 Å². The Labute approximate surface area is 179 Å². The first-order chi connectivity index (χ1) is 14.3. The third-order valence-electron chi connectivity index (χ3n) is 4.96. The molecule has 1 heterocycles. The number of benzene rings is 2. The first-order valence-electron chi connectivity index (χ1n) is 10.5. The van der Waals surface area contributed by atoms with E-state index in [1.165, 1.54) is 9.87 Å². The lowest BCUT2D eigenvalue weighted by Gasteiger charge is -2.28. The lowest BCUT2D eigenvalue weighted by molar-refractivity contribution is 0.0953. The SMILES string of the molecule is CC(C)Oc1cccc(CCCNC(=O)c2ccc(N3CCCCS3(=O)=O)cc2)c1. The molecule has 0 radical (unpaired) electrons. The van der Waals surface area contributed by atoms with Gasteiger partial charge in [-0.25, -0.2) is 8.42 Å². The molecule has 1 aliphatic heterocycles. The molecule has 1 aliphatic rings. The molecule has 7 heteroatoms. The Bertz CT molecular complexity index is 955. The highest BCUT2D eigenvalue weighted by Crippen LogP contribution is 2.23. The number of aryl methyl sites for hydroxylation is 1. The molecule has 6 nitrogen and oxygen atoms in total. The van der Waals surface area contributed by atoms with Crippen molar-refractivity contribution in [2.75, 3.05) is 23.1 Å². The molecule has 1 saturated heterocycles. The molecular formula is C23H30N2O4S. The molecule has 0 bridgehead atoms.